The van der Waals surface area contributed by atoms with Crippen molar-refractivity contribution in [3.05, 3.63) is 29.8 Å². The second kappa shape index (κ2) is 7.26. The number of aromatic carboxylic acids is 1. The van der Waals surface area contributed by atoms with Gasteiger partial charge in [-0.3, -0.25) is 9.69 Å². The van der Waals surface area contributed by atoms with Crippen molar-refractivity contribution < 1.29 is 19.4 Å². The smallest absolute Gasteiger partial charge is 0.339 e. The number of carbonyl (C=O) groups excluding carboxylic acids is 1. The van der Waals surface area contributed by atoms with Crippen molar-refractivity contribution in [1.29, 1.82) is 0 Å². The van der Waals surface area contributed by atoms with E-state index in [0.29, 0.717) is 31.5 Å². The van der Waals surface area contributed by atoms with Crippen LogP contribution in [0.25, 0.3) is 0 Å². The number of amides is 1. The highest BCUT2D eigenvalue weighted by Crippen LogP contribution is 2.22. The van der Waals surface area contributed by atoms with Crippen molar-refractivity contribution in [2.45, 2.75) is 25.8 Å². The molecular formula is C16H22N2O4. The second-order valence-electron chi connectivity index (χ2n) is 5.67. The van der Waals surface area contributed by atoms with Crippen LogP contribution in [0.2, 0.25) is 0 Å². The maximum absolute atomic E-state index is 11.3. The van der Waals surface area contributed by atoms with Crippen LogP contribution in [-0.2, 0) is 4.79 Å². The fourth-order valence-electron chi connectivity index (χ4n) is 2.77. The number of hydrogen-bond acceptors (Lipinski definition) is 4. The largest absolute Gasteiger partial charge is 0.491 e. The summed E-state index contributed by atoms with van der Waals surface area (Å²) in [5, 5.41) is 9.11. The molecule has 6 nitrogen and oxygen atoms in total. The molecule has 0 bridgehead atoms. The topological polar surface area (TPSA) is 92.9 Å². The van der Waals surface area contributed by atoms with Crippen molar-refractivity contribution in [1.82, 2.24) is 4.90 Å². The van der Waals surface area contributed by atoms with Crippen molar-refractivity contribution in [3.63, 3.8) is 0 Å². The van der Waals surface area contributed by atoms with Gasteiger partial charge >= 0.3 is 5.97 Å². The monoisotopic (exact) mass is 306 g/mol. The molecule has 1 fully saturated rings. The summed E-state index contributed by atoms with van der Waals surface area (Å²) < 4.78 is 5.61. The molecule has 2 unspecified atom stereocenters. The Morgan fingerprint density at radius 2 is 2.09 bits per heavy atom. The minimum Gasteiger partial charge on any atom is -0.491 e. The first-order valence-corrected chi connectivity index (χ1v) is 7.47. The molecule has 1 saturated heterocycles. The zero-order chi connectivity index (χ0) is 16.1. The number of carboxylic acid groups (broad SMARTS) is 1. The van der Waals surface area contributed by atoms with Crippen LogP contribution in [-0.4, -0.2) is 47.6 Å². The predicted molar refractivity (Wildman–Crippen MR) is 81.8 cm³/mol. The van der Waals surface area contributed by atoms with Gasteiger partial charge in [-0.2, -0.15) is 0 Å². The van der Waals surface area contributed by atoms with E-state index in [2.05, 4.69) is 11.8 Å². The Labute approximate surface area is 129 Å². The van der Waals surface area contributed by atoms with Crippen molar-refractivity contribution in [3.8, 4) is 5.75 Å². The minimum absolute atomic E-state index is 0.109. The highest BCUT2D eigenvalue weighted by atomic mass is 16.5. The third kappa shape index (κ3) is 3.98. The zero-order valence-electron chi connectivity index (χ0n) is 12.7. The molecule has 22 heavy (non-hydrogen) atoms. The molecule has 6 heteroatoms. The molecule has 0 aliphatic carbocycles. The Kier molecular flexibility index (Phi) is 5.38. The number of nitrogens with two attached hydrogens (primary N) is 1. The molecular weight excluding hydrogens is 284 g/mol. The van der Waals surface area contributed by atoms with Crippen molar-refractivity contribution in [2.75, 3.05) is 19.7 Å². The summed E-state index contributed by atoms with van der Waals surface area (Å²) in [7, 11) is 0. The summed E-state index contributed by atoms with van der Waals surface area (Å²) in [5.74, 6) is -1.00. The van der Waals surface area contributed by atoms with Crippen LogP contribution in [0.15, 0.2) is 24.3 Å². The number of hydrogen-bond donors (Lipinski definition) is 2. The van der Waals surface area contributed by atoms with E-state index in [4.69, 9.17) is 15.6 Å². The number of carbonyl (C=O) groups is 2. The van der Waals surface area contributed by atoms with Crippen molar-refractivity contribution in [2.24, 2.45) is 11.7 Å². The number of nitrogens with zero attached hydrogens (tertiary/aromatic N) is 1. The maximum Gasteiger partial charge on any atom is 0.339 e. The van der Waals surface area contributed by atoms with E-state index in [1.807, 2.05) is 0 Å². The quantitative estimate of drug-likeness (QED) is 0.827. The maximum atomic E-state index is 11.3. The average molecular weight is 306 g/mol. The third-order valence-corrected chi connectivity index (χ3v) is 4.17. The summed E-state index contributed by atoms with van der Waals surface area (Å²) in [6, 6.07) is 6.95. The highest BCUT2D eigenvalue weighted by molar-refractivity contribution is 5.90. The fraction of sp³-hybridized carbons (Fsp3) is 0.500. The van der Waals surface area contributed by atoms with Gasteiger partial charge in [-0.15, -0.1) is 0 Å². The number of benzene rings is 1. The average Bonchev–Trinajstić information content (AvgIpc) is 2.49. The van der Waals surface area contributed by atoms with Crippen molar-refractivity contribution >= 4 is 11.9 Å². The van der Waals surface area contributed by atoms with Gasteiger partial charge in [0.1, 0.15) is 17.9 Å². The van der Waals surface area contributed by atoms with Gasteiger partial charge in [-0.05, 0) is 31.9 Å². The Balaban J connectivity index is 1.90. The van der Waals surface area contributed by atoms with E-state index in [-0.39, 0.29) is 17.4 Å². The van der Waals surface area contributed by atoms with E-state index in [9.17, 15) is 9.59 Å². The zero-order valence-corrected chi connectivity index (χ0v) is 12.7. The molecule has 1 aromatic rings. The number of piperidine rings is 1. The van der Waals surface area contributed by atoms with Crippen LogP contribution in [0.1, 0.15) is 30.1 Å². The third-order valence-electron chi connectivity index (χ3n) is 4.17. The molecule has 0 spiro atoms. The van der Waals surface area contributed by atoms with Crippen LogP contribution in [0.5, 0.6) is 5.75 Å². The first kappa shape index (κ1) is 16.3. The predicted octanol–water partition coefficient (Wildman–Crippen LogP) is 1.35. The first-order valence-electron chi connectivity index (χ1n) is 7.47. The van der Waals surface area contributed by atoms with E-state index < -0.39 is 5.97 Å². The van der Waals surface area contributed by atoms with E-state index in [1.54, 1.807) is 18.2 Å². The standard InChI is InChI=1S/C16H22N2O4/c1-11-6-7-12(15(17)19)10-18(11)8-9-22-14-5-3-2-4-13(14)16(20)21/h2-5,11-12H,6-10H2,1H3,(H2,17,19)(H,20,21). The summed E-state index contributed by atoms with van der Waals surface area (Å²) >= 11 is 0. The summed E-state index contributed by atoms with van der Waals surface area (Å²) in [6.07, 6.45) is 1.76. The number of carboxylic acids is 1. The molecule has 3 N–H and O–H groups in total. The molecule has 2 rings (SSSR count). The Morgan fingerprint density at radius 1 is 1.36 bits per heavy atom. The van der Waals surface area contributed by atoms with E-state index in [0.717, 1.165) is 12.8 Å². The van der Waals surface area contributed by atoms with Crippen LogP contribution < -0.4 is 10.5 Å². The lowest BCUT2D eigenvalue weighted by atomic mass is 9.93. The van der Waals surface area contributed by atoms with Gasteiger partial charge in [0.15, 0.2) is 0 Å². The highest BCUT2D eigenvalue weighted by Gasteiger charge is 2.28. The molecule has 0 radical (unpaired) electrons. The van der Waals surface area contributed by atoms with E-state index >= 15 is 0 Å². The number of likely N-dealkylation sites (tertiary alicyclic amines) is 1. The second-order valence-corrected chi connectivity index (χ2v) is 5.67. The Morgan fingerprint density at radius 3 is 2.77 bits per heavy atom. The SMILES string of the molecule is CC1CCC(C(N)=O)CN1CCOc1ccccc1C(=O)O. The Hall–Kier alpha value is -2.08. The van der Waals surface area contributed by atoms with Gasteiger partial charge in [-0.1, -0.05) is 12.1 Å². The lowest BCUT2D eigenvalue weighted by molar-refractivity contribution is -0.124. The lowest BCUT2D eigenvalue weighted by Crippen LogP contribution is -2.47. The number of rotatable bonds is 6. The van der Waals surface area contributed by atoms with Gasteiger partial charge in [0.2, 0.25) is 5.91 Å². The normalized spacial score (nSPS) is 22.2. The molecule has 1 amide bonds. The molecule has 2 atom stereocenters. The summed E-state index contributed by atoms with van der Waals surface area (Å²) in [6.45, 7) is 3.77. The molecule has 1 aliphatic rings. The van der Waals surface area contributed by atoms with Gasteiger partial charge in [0.05, 0.1) is 5.92 Å². The molecule has 0 saturated carbocycles. The molecule has 1 aromatic carbocycles. The molecule has 1 heterocycles. The van der Waals surface area contributed by atoms with Gasteiger partial charge in [-0.25, -0.2) is 4.79 Å². The first-order chi connectivity index (χ1) is 10.5. The van der Waals surface area contributed by atoms with Crippen LogP contribution in [0.4, 0.5) is 0 Å². The number of para-hydroxylation sites is 1. The summed E-state index contributed by atoms with van der Waals surface area (Å²) in [5.41, 5.74) is 5.54. The van der Waals surface area contributed by atoms with Gasteiger partial charge < -0.3 is 15.6 Å². The van der Waals surface area contributed by atoms with Crippen LogP contribution >= 0.6 is 0 Å². The molecule has 1 aliphatic heterocycles. The van der Waals surface area contributed by atoms with Gasteiger partial charge in [0.25, 0.3) is 0 Å². The fourth-order valence-corrected chi connectivity index (χ4v) is 2.77. The van der Waals surface area contributed by atoms with Gasteiger partial charge in [0, 0.05) is 19.1 Å². The molecule has 0 aromatic heterocycles. The summed E-state index contributed by atoms with van der Waals surface area (Å²) in [4.78, 5) is 24.6. The Bertz CT molecular complexity index is 547. The van der Waals surface area contributed by atoms with Crippen LogP contribution in [0, 0.1) is 5.92 Å². The number of ether oxygens (including phenoxy) is 1. The minimum atomic E-state index is -1.00. The molecule has 120 valence electrons. The van der Waals surface area contributed by atoms with E-state index in [1.165, 1.54) is 6.07 Å². The van der Waals surface area contributed by atoms with Crippen LogP contribution in [0.3, 0.4) is 0 Å². The number of primary amides is 1. The lowest BCUT2D eigenvalue weighted by Gasteiger charge is -2.36.